The summed E-state index contributed by atoms with van der Waals surface area (Å²) >= 11 is 0. The predicted octanol–water partition coefficient (Wildman–Crippen LogP) is 4.04. The lowest BCUT2D eigenvalue weighted by Crippen LogP contribution is -2.42. The van der Waals surface area contributed by atoms with E-state index in [-0.39, 0.29) is 18.2 Å². The Morgan fingerprint density at radius 1 is 1.08 bits per heavy atom. The van der Waals surface area contributed by atoms with Gasteiger partial charge in [-0.1, -0.05) is 29.4 Å². The fraction of sp³-hybridized carbons (Fsp3) is 0.321. The molecule has 0 atom stereocenters. The molecule has 38 heavy (non-hydrogen) atoms. The molecule has 1 saturated heterocycles. The highest BCUT2D eigenvalue weighted by molar-refractivity contribution is 6.12. The number of carbonyl (C=O) groups is 1. The van der Waals surface area contributed by atoms with Crippen molar-refractivity contribution in [2.24, 2.45) is 5.16 Å². The lowest BCUT2D eigenvalue weighted by atomic mass is 9.84. The molecule has 1 amide bonds. The summed E-state index contributed by atoms with van der Waals surface area (Å²) < 4.78 is 47.1. The molecular weight excluding hydrogens is 497 g/mol. The number of aromatic nitrogens is 1. The van der Waals surface area contributed by atoms with Gasteiger partial charge in [-0.25, -0.2) is 13.8 Å². The third-order valence-corrected chi connectivity index (χ3v) is 7.07. The fourth-order valence-electron chi connectivity index (χ4n) is 4.95. The lowest BCUT2D eigenvalue weighted by Gasteiger charge is -2.39. The third kappa shape index (κ3) is 5.41. The highest BCUT2D eigenvalue weighted by Gasteiger charge is 2.43. The van der Waals surface area contributed by atoms with Crippen molar-refractivity contribution in [3.8, 4) is 0 Å². The molecule has 198 valence electrons. The standard InChI is InChI=1S/C28H27F3N4O3/c1-32-26(36)17-38-34-27(20-6-7-23(29)24(30)12-20)19-4-2-18(3-5-19)15-35-10-8-28(9-11-35)22-14-33-25(31)13-21(22)16-37-28/h2-7,12-14H,8-11,15-17H2,1H3,(H,32,36)/b34-27-. The van der Waals surface area contributed by atoms with Gasteiger partial charge in [0, 0.05) is 49.6 Å². The van der Waals surface area contributed by atoms with Gasteiger partial charge in [0.1, 0.15) is 5.71 Å². The number of nitrogens with one attached hydrogen (secondary N) is 1. The van der Waals surface area contributed by atoms with Crippen molar-refractivity contribution < 1.29 is 27.5 Å². The summed E-state index contributed by atoms with van der Waals surface area (Å²) in [6, 6.07) is 12.5. The molecule has 1 spiro atoms. The van der Waals surface area contributed by atoms with Gasteiger partial charge in [-0.3, -0.25) is 9.69 Å². The highest BCUT2D eigenvalue weighted by atomic mass is 19.2. The number of hydrogen-bond donors (Lipinski definition) is 1. The van der Waals surface area contributed by atoms with Crippen LogP contribution in [0.1, 0.15) is 40.7 Å². The maximum absolute atomic E-state index is 13.9. The van der Waals surface area contributed by atoms with E-state index in [9.17, 15) is 18.0 Å². The number of halogens is 3. The van der Waals surface area contributed by atoms with Crippen LogP contribution < -0.4 is 5.32 Å². The number of likely N-dealkylation sites (tertiary alicyclic amines) is 1. The van der Waals surface area contributed by atoms with E-state index in [4.69, 9.17) is 9.57 Å². The van der Waals surface area contributed by atoms with Gasteiger partial charge < -0.3 is 14.9 Å². The van der Waals surface area contributed by atoms with Crippen molar-refractivity contribution in [3.05, 3.63) is 100 Å². The van der Waals surface area contributed by atoms with Crippen LogP contribution in [0.25, 0.3) is 0 Å². The summed E-state index contributed by atoms with van der Waals surface area (Å²) in [6.45, 7) is 2.44. The molecule has 0 unspecified atom stereocenters. The van der Waals surface area contributed by atoms with Crippen LogP contribution in [-0.4, -0.2) is 48.2 Å². The molecule has 2 aliphatic rings. The van der Waals surface area contributed by atoms with Crippen molar-refractivity contribution in [1.82, 2.24) is 15.2 Å². The molecule has 5 rings (SSSR count). The van der Waals surface area contributed by atoms with E-state index in [1.54, 1.807) is 6.20 Å². The summed E-state index contributed by atoms with van der Waals surface area (Å²) in [7, 11) is 1.48. The van der Waals surface area contributed by atoms with Crippen LogP contribution in [0.5, 0.6) is 0 Å². The minimum absolute atomic E-state index is 0.279. The zero-order valence-electron chi connectivity index (χ0n) is 20.8. The molecule has 2 aliphatic heterocycles. The van der Waals surface area contributed by atoms with Crippen molar-refractivity contribution in [3.63, 3.8) is 0 Å². The molecule has 1 N–H and O–H groups in total. The zero-order chi connectivity index (χ0) is 26.7. The molecule has 2 aromatic carbocycles. The monoisotopic (exact) mass is 524 g/mol. The van der Waals surface area contributed by atoms with Crippen LogP contribution in [-0.2, 0) is 33.1 Å². The maximum atomic E-state index is 13.9. The van der Waals surface area contributed by atoms with Crippen LogP contribution in [0.2, 0.25) is 0 Å². The third-order valence-electron chi connectivity index (χ3n) is 7.07. The van der Waals surface area contributed by atoms with E-state index in [0.29, 0.717) is 17.7 Å². The second-order valence-electron chi connectivity index (χ2n) is 9.44. The Morgan fingerprint density at radius 2 is 1.82 bits per heavy atom. The second kappa shape index (κ2) is 10.9. The largest absolute Gasteiger partial charge is 0.385 e. The Balaban J connectivity index is 1.27. The van der Waals surface area contributed by atoms with Gasteiger partial charge in [0.25, 0.3) is 5.91 Å². The first-order chi connectivity index (χ1) is 18.4. The minimum atomic E-state index is -1.00. The maximum Gasteiger partial charge on any atom is 0.260 e. The summed E-state index contributed by atoms with van der Waals surface area (Å²) in [5.74, 6) is -2.82. The summed E-state index contributed by atoms with van der Waals surface area (Å²) in [5.41, 5.74) is 3.76. The number of ether oxygens (including phenoxy) is 1. The van der Waals surface area contributed by atoms with E-state index in [2.05, 4.69) is 20.4 Å². The number of amides is 1. The van der Waals surface area contributed by atoms with Crippen LogP contribution in [0.15, 0.2) is 59.9 Å². The molecule has 0 bridgehead atoms. The van der Waals surface area contributed by atoms with Gasteiger partial charge >= 0.3 is 0 Å². The average Bonchev–Trinajstić information content (AvgIpc) is 3.27. The van der Waals surface area contributed by atoms with Gasteiger partial charge in [0.2, 0.25) is 5.95 Å². The smallest absolute Gasteiger partial charge is 0.260 e. The quantitative estimate of drug-likeness (QED) is 0.287. The number of piperidine rings is 1. The van der Waals surface area contributed by atoms with Gasteiger partial charge in [0.15, 0.2) is 18.2 Å². The Kier molecular flexibility index (Phi) is 7.44. The molecule has 7 nitrogen and oxygen atoms in total. The van der Waals surface area contributed by atoms with Crippen molar-refractivity contribution in [2.45, 2.75) is 31.6 Å². The summed E-state index contributed by atoms with van der Waals surface area (Å²) in [4.78, 5) is 22.8. The predicted molar refractivity (Wildman–Crippen MR) is 134 cm³/mol. The van der Waals surface area contributed by atoms with Gasteiger partial charge in [-0.2, -0.15) is 4.39 Å². The molecule has 0 aliphatic carbocycles. The first-order valence-corrected chi connectivity index (χ1v) is 12.3. The van der Waals surface area contributed by atoms with Gasteiger partial charge in [-0.15, -0.1) is 0 Å². The number of nitrogens with zero attached hydrogens (tertiary/aromatic N) is 3. The Hall–Kier alpha value is -3.76. The Bertz CT molecular complexity index is 1360. The number of fused-ring (bicyclic) bond motifs is 2. The molecule has 0 radical (unpaired) electrons. The number of pyridine rings is 1. The zero-order valence-corrected chi connectivity index (χ0v) is 20.8. The van der Waals surface area contributed by atoms with E-state index in [1.165, 1.54) is 19.2 Å². The highest BCUT2D eigenvalue weighted by Crippen LogP contribution is 2.44. The van der Waals surface area contributed by atoms with Crippen molar-refractivity contribution in [1.29, 1.82) is 0 Å². The van der Waals surface area contributed by atoms with Gasteiger partial charge in [0.05, 0.1) is 12.2 Å². The first-order valence-electron chi connectivity index (χ1n) is 12.3. The number of hydrogen-bond acceptors (Lipinski definition) is 6. The Labute approximate surface area is 218 Å². The lowest BCUT2D eigenvalue weighted by molar-refractivity contribution is -0.125. The summed E-state index contributed by atoms with van der Waals surface area (Å²) in [5, 5.41) is 6.48. The van der Waals surface area contributed by atoms with E-state index in [1.807, 2.05) is 24.3 Å². The molecule has 3 heterocycles. The topological polar surface area (TPSA) is 76.0 Å². The first kappa shape index (κ1) is 25.9. The molecule has 0 saturated carbocycles. The van der Waals surface area contributed by atoms with Crippen LogP contribution >= 0.6 is 0 Å². The minimum Gasteiger partial charge on any atom is -0.385 e. The second-order valence-corrected chi connectivity index (χ2v) is 9.44. The van der Waals surface area contributed by atoms with E-state index < -0.39 is 23.2 Å². The van der Waals surface area contributed by atoms with Crippen molar-refractivity contribution in [2.75, 3.05) is 26.7 Å². The molecule has 1 fully saturated rings. The molecule has 10 heteroatoms. The number of likely N-dealkylation sites (N-methyl/N-ethyl adjacent to an activating group) is 1. The summed E-state index contributed by atoms with van der Waals surface area (Å²) in [6.07, 6.45) is 3.19. The Morgan fingerprint density at radius 3 is 2.53 bits per heavy atom. The number of carbonyl (C=O) groups excluding carboxylic acids is 1. The van der Waals surface area contributed by atoms with Crippen LogP contribution in [0.4, 0.5) is 13.2 Å². The van der Waals surface area contributed by atoms with E-state index >= 15 is 0 Å². The van der Waals surface area contributed by atoms with Crippen molar-refractivity contribution >= 4 is 11.6 Å². The van der Waals surface area contributed by atoms with Gasteiger partial charge in [-0.05, 0) is 48.2 Å². The SMILES string of the molecule is CNC(=O)CO/N=C(/c1ccc(CN2CCC3(CC2)OCc2cc(F)ncc23)cc1)c1ccc(F)c(F)c1. The molecular formula is C28H27F3N4O3. The molecule has 1 aromatic heterocycles. The van der Waals surface area contributed by atoms with E-state index in [0.717, 1.165) is 61.3 Å². The number of rotatable bonds is 7. The van der Waals surface area contributed by atoms with Crippen LogP contribution in [0.3, 0.4) is 0 Å². The van der Waals surface area contributed by atoms with Crippen LogP contribution in [0, 0.1) is 17.6 Å². The average molecular weight is 525 g/mol. The molecule has 3 aromatic rings. The fourth-order valence-corrected chi connectivity index (χ4v) is 4.95. The normalized spacial score (nSPS) is 16.9. The number of benzene rings is 2. The number of oxime groups is 1.